The van der Waals surface area contributed by atoms with Crippen LogP contribution >= 0.6 is 0 Å². The Morgan fingerprint density at radius 2 is 1.54 bits per heavy atom. The van der Waals surface area contributed by atoms with Crippen molar-refractivity contribution in [2.75, 3.05) is 0 Å². The zero-order valence-corrected chi connectivity index (χ0v) is 26.8. The fourth-order valence-electron chi connectivity index (χ4n) is 10.1. The van der Waals surface area contributed by atoms with Gasteiger partial charge in [-0.05, 0) is 110 Å². The van der Waals surface area contributed by atoms with Crippen molar-refractivity contribution in [3.63, 3.8) is 0 Å². The summed E-state index contributed by atoms with van der Waals surface area (Å²) in [7, 11) is 0. The van der Waals surface area contributed by atoms with Crippen LogP contribution in [-0.4, -0.2) is 5.78 Å². The first-order valence-electron chi connectivity index (χ1n) is 15.8. The monoisotopic (exact) mass is 540 g/mol. The Morgan fingerprint density at radius 3 is 2.10 bits per heavy atom. The van der Waals surface area contributed by atoms with Gasteiger partial charge < -0.3 is 4.74 Å². The van der Waals surface area contributed by atoms with Gasteiger partial charge in [-0.15, -0.1) is 0 Å². The maximum Gasteiger partial charge on any atom is 0.138 e. The van der Waals surface area contributed by atoms with Gasteiger partial charge in [0.15, 0.2) is 0 Å². The van der Waals surface area contributed by atoms with Crippen molar-refractivity contribution in [2.24, 2.45) is 50.7 Å². The topological polar surface area (TPSA) is 26.3 Å². The van der Waals surface area contributed by atoms with E-state index in [4.69, 9.17) is 0 Å². The zero-order valence-electron chi connectivity index (χ0n) is 26.8. The number of ether oxygens (including phenoxy) is 1. The lowest BCUT2D eigenvalue weighted by Gasteiger charge is -2.67. The van der Waals surface area contributed by atoms with E-state index in [2.05, 4.69) is 72.4 Å². The van der Waals surface area contributed by atoms with Crippen LogP contribution in [0.15, 0.2) is 36.8 Å². The van der Waals surface area contributed by atoms with E-state index in [1.54, 1.807) is 6.92 Å². The summed E-state index contributed by atoms with van der Waals surface area (Å²) in [6.07, 6.45) is 17.0. The molecule has 0 bridgehead atoms. The van der Waals surface area contributed by atoms with Crippen LogP contribution < -0.4 is 0 Å². The molecule has 5 aliphatic rings. The van der Waals surface area contributed by atoms with Crippen molar-refractivity contribution in [1.29, 1.82) is 0 Å². The molecule has 7 atom stereocenters. The molecule has 4 saturated carbocycles. The second-order valence-electron chi connectivity index (χ2n) is 15.4. The second kappa shape index (κ2) is 11.9. The van der Waals surface area contributed by atoms with E-state index in [0.717, 1.165) is 30.6 Å². The number of ketones is 1. The maximum absolute atomic E-state index is 12.8. The van der Waals surface area contributed by atoms with E-state index in [1.165, 1.54) is 57.6 Å². The Balaban J connectivity index is 0.000000528. The maximum atomic E-state index is 12.8. The standard InChI is InChI=1S/C29H46O.C5H8O.C2H6.CH4/c1-25(2)16-17-27(5)13-10-20-19(21(27)18-25)8-9-23-28(20,6)14-11-22-26(3,4)24(30)12-15-29(22,23)7;1-4-6-5(2)3;1-2;/h8,20-23H,9-18H2,1-7H3;4H,1-2H2,3H3;1-2H3;1H4/t20?,21?,22?,23?,27?,28-,29?;;;/m0.../s1. The lowest BCUT2D eigenvalue weighted by Crippen LogP contribution is -2.61. The molecular formula is C37H64O2. The van der Waals surface area contributed by atoms with Crippen LogP contribution in [0.2, 0.25) is 0 Å². The lowest BCUT2D eigenvalue weighted by molar-refractivity contribution is -0.169. The summed E-state index contributed by atoms with van der Waals surface area (Å²) < 4.78 is 4.61. The summed E-state index contributed by atoms with van der Waals surface area (Å²) >= 11 is 0. The molecule has 4 fully saturated rings. The molecule has 0 spiro atoms. The van der Waals surface area contributed by atoms with Gasteiger partial charge in [-0.1, -0.05) is 94.5 Å². The predicted molar refractivity (Wildman–Crippen MR) is 169 cm³/mol. The molecule has 0 aromatic carbocycles. The molecule has 0 saturated heterocycles. The number of carbonyl (C=O) groups is 1. The van der Waals surface area contributed by atoms with Crippen LogP contribution in [0.25, 0.3) is 0 Å². The summed E-state index contributed by atoms with van der Waals surface area (Å²) in [5.41, 5.74) is 3.57. The number of hydrogen-bond donors (Lipinski definition) is 0. The highest BCUT2D eigenvalue weighted by atomic mass is 16.5. The van der Waals surface area contributed by atoms with Crippen molar-refractivity contribution in [1.82, 2.24) is 0 Å². The van der Waals surface area contributed by atoms with E-state index in [9.17, 15) is 4.79 Å². The summed E-state index contributed by atoms with van der Waals surface area (Å²) in [6, 6.07) is 0. The molecule has 6 unspecified atom stereocenters. The number of allylic oxidation sites excluding steroid dienone is 3. The lowest BCUT2D eigenvalue weighted by atomic mass is 9.37. The van der Waals surface area contributed by atoms with Gasteiger partial charge in [0.25, 0.3) is 0 Å². The molecule has 5 rings (SSSR count). The van der Waals surface area contributed by atoms with Crippen molar-refractivity contribution in [3.05, 3.63) is 36.8 Å². The normalized spacial score (nSPS) is 41.0. The third-order valence-electron chi connectivity index (χ3n) is 12.3. The molecule has 5 aliphatic carbocycles. The third-order valence-corrected chi connectivity index (χ3v) is 12.3. The van der Waals surface area contributed by atoms with Gasteiger partial charge >= 0.3 is 0 Å². The molecular weight excluding hydrogens is 476 g/mol. The summed E-state index contributed by atoms with van der Waals surface area (Å²) in [5, 5.41) is 0. The summed E-state index contributed by atoms with van der Waals surface area (Å²) in [4.78, 5) is 12.8. The molecule has 0 aliphatic heterocycles. The molecule has 224 valence electrons. The van der Waals surface area contributed by atoms with Crippen molar-refractivity contribution in [2.45, 2.75) is 141 Å². The minimum atomic E-state index is -0.128. The molecule has 0 aromatic rings. The number of carbonyl (C=O) groups excluding carboxylic acids is 1. The smallest absolute Gasteiger partial charge is 0.138 e. The fourth-order valence-corrected chi connectivity index (χ4v) is 10.1. The van der Waals surface area contributed by atoms with Gasteiger partial charge in [-0.2, -0.15) is 0 Å². The van der Waals surface area contributed by atoms with Crippen LogP contribution in [0.3, 0.4) is 0 Å². The molecule has 0 aromatic heterocycles. The first-order chi connectivity index (χ1) is 17.6. The van der Waals surface area contributed by atoms with E-state index < -0.39 is 0 Å². The van der Waals surface area contributed by atoms with Gasteiger partial charge in [0, 0.05) is 11.8 Å². The number of hydrogen-bond acceptors (Lipinski definition) is 2. The van der Waals surface area contributed by atoms with Gasteiger partial charge in [-0.25, -0.2) is 0 Å². The summed E-state index contributed by atoms with van der Waals surface area (Å²) in [6.45, 7) is 30.0. The molecule has 0 radical (unpaired) electrons. The van der Waals surface area contributed by atoms with E-state index in [-0.39, 0.29) is 12.8 Å². The van der Waals surface area contributed by atoms with Crippen LogP contribution in [0.1, 0.15) is 141 Å². The van der Waals surface area contributed by atoms with Crippen LogP contribution in [-0.2, 0) is 9.53 Å². The van der Waals surface area contributed by atoms with E-state index in [1.807, 2.05) is 19.4 Å². The molecule has 2 nitrogen and oxygen atoms in total. The van der Waals surface area contributed by atoms with Crippen LogP contribution in [0.5, 0.6) is 0 Å². The Kier molecular flexibility index (Phi) is 10.3. The van der Waals surface area contributed by atoms with Gasteiger partial charge in [0.1, 0.15) is 5.78 Å². The van der Waals surface area contributed by atoms with Crippen molar-refractivity contribution >= 4 is 5.78 Å². The summed E-state index contributed by atoms with van der Waals surface area (Å²) in [5.74, 6) is 4.13. The van der Waals surface area contributed by atoms with Crippen molar-refractivity contribution in [3.8, 4) is 0 Å². The number of fused-ring (bicyclic) bond motifs is 7. The zero-order chi connectivity index (χ0) is 28.7. The minimum Gasteiger partial charge on any atom is -0.471 e. The third kappa shape index (κ3) is 5.88. The largest absolute Gasteiger partial charge is 0.471 e. The highest BCUT2D eigenvalue weighted by molar-refractivity contribution is 5.85. The Hall–Kier alpha value is -1.31. The van der Waals surface area contributed by atoms with Crippen LogP contribution in [0.4, 0.5) is 0 Å². The highest BCUT2D eigenvalue weighted by Crippen LogP contribution is 2.71. The predicted octanol–water partition coefficient (Wildman–Crippen LogP) is 11.3. The molecule has 39 heavy (non-hydrogen) atoms. The van der Waals surface area contributed by atoms with Crippen LogP contribution in [0, 0.1) is 50.7 Å². The van der Waals surface area contributed by atoms with Gasteiger partial charge in [0.2, 0.25) is 0 Å². The quantitative estimate of drug-likeness (QED) is 0.257. The minimum absolute atomic E-state index is 0. The Bertz CT molecular complexity index is 937. The number of rotatable bonds is 2. The number of Topliss-reactive ketones (excluding diaryl/α,β-unsaturated/α-hetero) is 1. The average Bonchev–Trinajstić information content (AvgIpc) is 2.83. The molecule has 2 heteroatoms. The average molecular weight is 541 g/mol. The fraction of sp³-hybridized carbons (Fsp3) is 0.811. The molecule has 0 amide bonds. The van der Waals surface area contributed by atoms with Gasteiger partial charge in [-0.3, -0.25) is 4.79 Å². The van der Waals surface area contributed by atoms with E-state index >= 15 is 0 Å². The SMILES string of the molecule is C.C=COC(=C)C.CC.CC1(C)CCC2(C)CCC3C(=CCC4C5(C)CCC(=O)C(C)(C)C5CC[C@@]34C)C2C1. The van der Waals surface area contributed by atoms with E-state index in [0.29, 0.717) is 39.1 Å². The second-order valence-corrected chi connectivity index (χ2v) is 15.4. The first-order valence-corrected chi connectivity index (χ1v) is 15.8. The van der Waals surface area contributed by atoms with Gasteiger partial charge in [0.05, 0.1) is 12.0 Å². The highest BCUT2D eigenvalue weighted by Gasteiger charge is 2.64. The first kappa shape index (κ1) is 33.9. The van der Waals surface area contributed by atoms with Crippen molar-refractivity contribution < 1.29 is 9.53 Å². The molecule has 0 heterocycles. The Labute approximate surface area is 243 Å². The Morgan fingerprint density at radius 1 is 0.897 bits per heavy atom. The molecule has 0 N–H and O–H groups in total.